The van der Waals surface area contributed by atoms with Gasteiger partial charge in [-0.3, -0.25) is 14.9 Å². The maximum Gasteiger partial charge on any atom is 0.293 e. The standard InChI is InChI=1S/C27H24F2N6O/c28-27(29)14-18(17-7-3-4-8-19(17)27)21-20-23(34-33-21)31-25(32-24(20)36)35-11-9-26(10-12-35)13-15-5-1-2-6-16(15)22(26)30/h1-8,14,22H,9-13,30H2,(H2,31,32,33,34,36)/t22-/m1/s1. The summed E-state index contributed by atoms with van der Waals surface area (Å²) in [7, 11) is 0. The topological polar surface area (TPSA) is 104 Å². The van der Waals surface area contributed by atoms with Crippen molar-refractivity contribution in [3.05, 3.63) is 92.9 Å². The van der Waals surface area contributed by atoms with Crippen LogP contribution < -0.4 is 16.2 Å². The van der Waals surface area contributed by atoms with Gasteiger partial charge in [-0.25, -0.2) is 0 Å². The molecule has 7 rings (SSSR count). The van der Waals surface area contributed by atoms with Gasteiger partial charge in [-0.1, -0.05) is 48.5 Å². The van der Waals surface area contributed by atoms with E-state index in [0.717, 1.165) is 25.3 Å². The molecule has 7 nitrogen and oxygen atoms in total. The number of benzene rings is 2. The number of hydrogen-bond acceptors (Lipinski definition) is 5. The van der Waals surface area contributed by atoms with Gasteiger partial charge in [0.25, 0.3) is 11.5 Å². The molecule has 0 amide bonds. The maximum absolute atomic E-state index is 14.6. The zero-order valence-electron chi connectivity index (χ0n) is 19.4. The van der Waals surface area contributed by atoms with Crippen molar-refractivity contribution in [1.29, 1.82) is 0 Å². The van der Waals surface area contributed by atoms with Crippen LogP contribution in [0.2, 0.25) is 0 Å². The molecule has 4 N–H and O–H groups in total. The molecular formula is C27H24F2N6O. The lowest BCUT2D eigenvalue weighted by Crippen LogP contribution is -2.45. The zero-order valence-corrected chi connectivity index (χ0v) is 19.4. The van der Waals surface area contributed by atoms with E-state index in [4.69, 9.17) is 5.73 Å². The number of alkyl halides is 2. The number of aromatic amines is 2. The highest BCUT2D eigenvalue weighted by Gasteiger charge is 2.46. The minimum atomic E-state index is -3.12. The fraction of sp³-hybridized carbons (Fsp3) is 0.296. The second-order valence-corrected chi connectivity index (χ2v) is 10.1. The van der Waals surface area contributed by atoms with Gasteiger partial charge in [0, 0.05) is 30.3 Å². The van der Waals surface area contributed by atoms with Crippen LogP contribution >= 0.6 is 0 Å². The van der Waals surface area contributed by atoms with Crippen LogP contribution in [-0.2, 0) is 12.3 Å². The summed E-state index contributed by atoms with van der Waals surface area (Å²) in [4.78, 5) is 22.7. The average molecular weight is 487 g/mol. The van der Waals surface area contributed by atoms with Crippen LogP contribution in [-0.4, -0.2) is 33.3 Å². The monoisotopic (exact) mass is 486 g/mol. The van der Waals surface area contributed by atoms with E-state index >= 15 is 0 Å². The van der Waals surface area contributed by atoms with Crippen LogP contribution in [0.1, 0.15) is 46.8 Å². The van der Waals surface area contributed by atoms with Gasteiger partial charge >= 0.3 is 0 Å². The van der Waals surface area contributed by atoms with Gasteiger partial charge in [-0.15, -0.1) is 0 Å². The molecule has 4 aromatic rings. The van der Waals surface area contributed by atoms with Crippen molar-refractivity contribution >= 4 is 22.6 Å². The van der Waals surface area contributed by atoms with E-state index in [1.54, 1.807) is 18.2 Å². The Labute approximate surface area is 205 Å². The van der Waals surface area contributed by atoms with Gasteiger partial charge in [-0.2, -0.15) is 18.9 Å². The lowest BCUT2D eigenvalue weighted by atomic mass is 9.73. The lowest BCUT2D eigenvalue weighted by molar-refractivity contribution is 0.0557. The van der Waals surface area contributed by atoms with Gasteiger partial charge in [0.1, 0.15) is 11.1 Å². The summed E-state index contributed by atoms with van der Waals surface area (Å²) in [6.07, 6.45) is 3.61. The quantitative estimate of drug-likeness (QED) is 0.397. The van der Waals surface area contributed by atoms with Crippen LogP contribution in [0.5, 0.6) is 0 Å². The molecule has 3 aliphatic rings. The number of piperidine rings is 1. The van der Waals surface area contributed by atoms with Crippen molar-refractivity contribution in [2.45, 2.75) is 31.2 Å². The smallest absolute Gasteiger partial charge is 0.293 e. The molecule has 9 heteroatoms. The number of halogens is 2. The number of rotatable bonds is 2. The number of nitrogens with one attached hydrogen (secondary N) is 2. The molecule has 1 saturated heterocycles. The molecule has 1 aliphatic heterocycles. The zero-order chi connectivity index (χ0) is 24.7. The molecule has 0 unspecified atom stereocenters. The molecule has 1 spiro atoms. The molecule has 2 aliphatic carbocycles. The SMILES string of the molecule is N[C@@H]1c2ccccc2CC12CCN(c1nc3[nH]nc(C4=CC(F)(F)c5ccccc54)c3c(=O)[nH]1)CC2. The normalized spacial score (nSPS) is 21.6. The fourth-order valence-corrected chi connectivity index (χ4v) is 6.28. The summed E-state index contributed by atoms with van der Waals surface area (Å²) in [6, 6.07) is 14.7. The number of hydrogen-bond donors (Lipinski definition) is 3. The minimum Gasteiger partial charge on any atom is -0.342 e. The van der Waals surface area contributed by atoms with Crippen LogP contribution in [0.4, 0.5) is 14.7 Å². The van der Waals surface area contributed by atoms with Crippen molar-refractivity contribution in [2.75, 3.05) is 18.0 Å². The summed E-state index contributed by atoms with van der Waals surface area (Å²) in [5.74, 6) is -2.67. The van der Waals surface area contributed by atoms with E-state index in [1.807, 2.05) is 6.07 Å². The molecule has 0 saturated carbocycles. The Bertz CT molecular complexity index is 1610. The number of nitrogens with two attached hydrogens (primary N) is 1. The fourth-order valence-electron chi connectivity index (χ4n) is 6.28. The molecule has 36 heavy (non-hydrogen) atoms. The first kappa shape index (κ1) is 21.4. The molecule has 0 radical (unpaired) electrons. The Morgan fingerprint density at radius 3 is 2.61 bits per heavy atom. The number of anilines is 1. The van der Waals surface area contributed by atoms with E-state index in [-0.39, 0.29) is 39.3 Å². The average Bonchev–Trinajstić information content (AvgIpc) is 3.51. The Morgan fingerprint density at radius 2 is 1.81 bits per heavy atom. The van der Waals surface area contributed by atoms with Crippen molar-refractivity contribution in [3.8, 4) is 0 Å². The number of aromatic nitrogens is 4. The highest BCUT2D eigenvalue weighted by atomic mass is 19.3. The highest BCUT2D eigenvalue weighted by Crippen LogP contribution is 2.51. The lowest BCUT2D eigenvalue weighted by Gasteiger charge is -2.42. The van der Waals surface area contributed by atoms with E-state index in [1.165, 1.54) is 17.2 Å². The van der Waals surface area contributed by atoms with Crippen LogP contribution in [0.25, 0.3) is 16.6 Å². The molecular weight excluding hydrogens is 462 g/mol. The Balaban J connectivity index is 1.19. The first-order valence-electron chi connectivity index (χ1n) is 12.1. The van der Waals surface area contributed by atoms with Crippen molar-refractivity contribution in [2.24, 2.45) is 11.1 Å². The summed E-state index contributed by atoms with van der Waals surface area (Å²) >= 11 is 0. The Hall–Kier alpha value is -3.85. The van der Waals surface area contributed by atoms with Crippen LogP contribution in [0, 0.1) is 5.41 Å². The summed E-state index contributed by atoms with van der Waals surface area (Å²) in [5.41, 5.74) is 9.83. The third kappa shape index (κ3) is 2.95. The highest BCUT2D eigenvalue weighted by molar-refractivity contribution is 5.96. The van der Waals surface area contributed by atoms with Gasteiger partial charge in [0.05, 0.1) is 0 Å². The van der Waals surface area contributed by atoms with Crippen molar-refractivity contribution < 1.29 is 8.78 Å². The molecule has 182 valence electrons. The van der Waals surface area contributed by atoms with Crippen LogP contribution in [0.3, 0.4) is 0 Å². The molecule has 3 heterocycles. The molecule has 1 fully saturated rings. The summed E-state index contributed by atoms with van der Waals surface area (Å²) in [6.45, 7) is 1.42. The first-order valence-corrected chi connectivity index (χ1v) is 12.1. The second kappa shape index (κ2) is 7.33. The largest absolute Gasteiger partial charge is 0.342 e. The van der Waals surface area contributed by atoms with E-state index < -0.39 is 11.5 Å². The van der Waals surface area contributed by atoms with E-state index in [0.29, 0.717) is 24.6 Å². The number of fused-ring (bicyclic) bond motifs is 3. The Morgan fingerprint density at radius 1 is 1.06 bits per heavy atom. The minimum absolute atomic E-state index is 0.00111. The van der Waals surface area contributed by atoms with Crippen LogP contribution in [0.15, 0.2) is 59.4 Å². The van der Waals surface area contributed by atoms with E-state index in [9.17, 15) is 13.6 Å². The molecule has 2 aromatic carbocycles. The number of H-pyrrole nitrogens is 2. The molecule has 1 atom stereocenters. The van der Waals surface area contributed by atoms with Gasteiger partial charge < -0.3 is 10.6 Å². The predicted molar refractivity (Wildman–Crippen MR) is 133 cm³/mol. The van der Waals surface area contributed by atoms with E-state index in [2.05, 4.69) is 43.3 Å². The summed E-state index contributed by atoms with van der Waals surface area (Å²) < 4.78 is 29.2. The van der Waals surface area contributed by atoms with Gasteiger partial charge in [0.15, 0.2) is 5.65 Å². The molecule has 0 bridgehead atoms. The summed E-state index contributed by atoms with van der Waals surface area (Å²) in [5, 5.41) is 7.21. The van der Waals surface area contributed by atoms with Gasteiger partial charge in [0.2, 0.25) is 5.95 Å². The van der Waals surface area contributed by atoms with Gasteiger partial charge in [-0.05, 0) is 47.4 Å². The second-order valence-electron chi connectivity index (χ2n) is 10.1. The maximum atomic E-state index is 14.6. The molecule has 2 aromatic heterocycles. The van der Waals surface area contributed by atoms with Crippen molar-refractivity contribution in [3.63, 3.8) is 0 Å². The third-order valence-electron chi connectivity index (χ3n) is 8.23. The van der Waals surface area contributed by atoms with Crippen molar-refractivity contribution in [1.82, 2.24) is 20.2 Å². The Kier molecular flexibility index (Phi) is 4.36. The number of nitrogens with zero attached hydrogens (tertiary/aromatic N) is 3. The first-order chi connectivity index (χ1) is 17.4. The third-order valence-corrected chi connectivity index (χ3v) is 8.23. The number of allylic oxidation sites excluding steroid dienone is 1. The predicted octanol–water partition coefficient (Wildman–Crippen LogP) is 4.03.